The van der Waals surface area contributed by atoms with Crippen LogP contribution >= 0.6 is 0 Å². The van der Waals surface area contributed by atoms with Crippen molar-refractivity contribution in [3.63, 3.8) is 0 Å². The normalized spacial score (nSPS) is 30.3. The number of hydrogen-bond donors (Lipinski definition) is 1. The van der Waals surface area contributed by atoms with E-state index in [9.17, 15) is 10.1 Å². The Morgan fingerprint density at radius 1 is 1.15 bits per heavy atom. The van der Waals surface area contributed by atoms with Crippen molar-refractivity contribution in [1.29, 1.82) is 0 Å². The molecule has 2 bridgehead atoms. The second-order valence-corrected chi connectivity index (χ2v) is 8.09. The van der Waals surface area contributed by atoms with Crippen LogP contribution in [0.3, 0.4) is 0 Å². The largest absolute Gasteiger partial charge is 0.494 e. The van der Waals surface area contributed by atoms with Gasteiger partial charge < -0.3 is 10.1 Å². The Morgan fingerprint density at radius 2 is 1.93 bits per heavy atom. The Hall–Kier alpha value is -2.56. The van der Waals surface area contributed by atoms with Gasteiger partial charge in [0.05, 0.1) is 17.6 Å². The summed E-state index contributed by atoms with van der Waals surface area (Å²) in [6, 6.07) is 14.0. The van der Waals surface area contributed by atoms with Crippen molar-refractivity contribution in [3.8, 4) is 5.75 Å². The molecular formula is C22H24N2O3. The van der Waals surface area contributed by atoms with E-state index in [2.05, 4.69) is 17.4 Å². The summed E-state index contributed by atoms with van der Waals surface area (Å²) in [5, 5.41) is 15.0. The molecule has 0 saturated heterocycles. The molecule has 2 saturated carbocycles. The minimum atomic E-state index is -0.277. The number of rotatable bonds is 4. The van der Waals surface area contributed by atoms with Crippen LogP contribution in [0.2, 0.25) is 0 Å². The Labute approximate surface area is 158 Å². The third kappa shape index (κ3) is 2.59. The molecule has 3 aliphatic rings. The van der Waals surface area contributed by atoms with Crippen molar-refractivity contribution in [2.45, 2.75) is 38.1 Å². The van der Waals surface area contributed by atoms with Gasteiger partial charge in [0.2, 0.25) is 0 Å². The van der Waals surface area contributed by atoms with Crippen molar-refractivity contribution >= 4 is 11.4 Å². The molecule has 5 heteroatoms. The van der Waals surface area contributed by atoms with Crippen LogP contribution in [0, 0.1) is 27.9 Å². The molecule has 5 nitrogen and oxygen atoms in total. The van der Waals surface area contributed by atoms with Crippen LogP contribution in [-0.2, 0) is 0 Å². The maximum atomic E-state index is 11.3. The molecule has 140 valence electrons. The van der Waals surface area contributed by atoms with E-state index in [0.717, 1.165) is 17.0 Å². The number of nitrogens with one attached hydrogen (secondary N) is 1. The topological polar surface area (TPSA) is 64.4 Å². The number of hydrogen-bond acceptors (Lipinski definition) is 4. The average molecular weight is 364 g/mol. The molecule has 0 unspecified atom stereocenters. The van der Waals surface area contributed by atoms with Crippen LogP contribution < -0.4 is 10.1 Å². The first-order chi connectivity index (χ1) is 13.2. The highest BCUT2D eigenvalue weighted by Crippen LogP contribution is 2.63. The van der Waals surface area contributed by atoms with Gasteiger partial charge in [0.15, 0.2) is 0 Å². The molecule has 0 spiro atoms. The molecule has 5 rings (SSSR count). The van der Waals surface area contributed by atoms with Crippen LogP contribution in [0.5, 0.6) is 5.75 Å². The van der Waals surface area contributed by atoms with Gasteiger partial charge in [-0.05, 0) is 79.2 Å². The monoisotopic (exact) mass is 364 g/mol. The molecule has 5 atom stereocenters. The lowest BCUT2D eigenvalue weighted by Gasteiger charge is -2.43. The Morgan fingerprint density at radius 3 is 2.67 bits per heavy atom. The van der Waals surface area contributed by atoms with E-state index in [0.29, 0.717) is 30.3 Å². The number of nitro benzene ring substituents is 1. The lowest BCUT2D eigenvalue weighted by Crippen LogP contribution is -2.35. The summed E-state index contributed by atoms with van der Waals surface area (Å²) in [5.41, 5.74) is 3.71. The predicted octanol–water partition coefficient (Wildman–Crippen LogP) is 5.29. The molecule has 0 amide bonds. The van der Waals surface area contributed by atoms with Crippen molar-refractivity contribution < 1.29 is 9.66 Å². The number of benzene rings is 2. The van der Waals surface area contributed by atoms with Crippen LogP contribution in [0.15, 0.2) is 42.5 Å². The quantitative estimate of drug-likeness (QED) is 0.591. The minimum absolute atomic E-state index is 0.205. The summed E-state index contributed by atoms with van der Waals surface area (Å²) < 4.78 is 5.59. The summed E-state index contributed by atoms with van der Waals surface area (Å²) >= 11 is 0. The van der Waals surface area contributed by atoms with Crippen LogP contribution in [0.1, 0.15) is 49.3 Å². The molecule has 2 aliphatic carbocycles. The van der Waals surface area contributed by atoms with Crippen molar-refractivity contribution in [3.05, 3.63) is 63.7 Å². The smallest absolute Gasteiger partial charge is 0.269 e. The summed E-state index contributed by atoms with van der Waals surface area (Å²) in [7, 11) is 0. The molecule has 0 radical (unpaired) electrons. The van der Waals surface area contributed by atoms with Gasteiger partial charge in [-0.25, -0.2) is 0 Å². The average Bonchev–Trinajstić information content (AvgIpc) is 3.30. The summed E-state index contributed by atoms with van der Waals surface area (Å²) in [4.78, 5) is 11.0. The van der Waals surface area contributed by atoms with Crippen molar-refractivity contribution in [2.75, 3.05) is 11.9 Å². The van der Waals surface area contributed by atoms with E-state index in [-0.39, 0.29) is 16.7 Å². The number of nitrogens with zero attached hydrogens (tertiary/aromatic N) is 1. The van der Waals surface area contributed by atoms with E-state index in [1.165, 1.54) is 24.8 Å². The molecule has 1 aliphatic heterocycles. The Balaban J connectivity index is 1.55. The van der Waals surface area contributed by atoms with E-state index >= 15 is 0 Å². The predicted molar refractivity (Wildman–Crippen MR) is 104 cm³/mol. The number of non-ortho nitro benzene ring substituents is 1. The summed E-state index contributed by atoms with van der Waals surface area (Å²) in [6.45, 7) is 2.66. The molecule has 0 aromatic heterocycles. The van der Waals surface area contributed by atoms with Gasteiger partial charge in [0.25, 0.3) is 5.69 Å². The number of anilines is 1. The van der Waals surface area contributed by atoms with Crippen molar-refractivity contribution in [1.82, 2.24) is 0 Å². The number of nitro groups is 1. The fourth-order valence-electron chi connectivity index (χ4n) is 5.86. The Kier molecular flexibility index (Phi) is 3.85. The van der Waals surface area contributed by atoms with Gasteiger partial charge in [-0.3, -0.25) is 10.1 Å². The second kappa shape index (κ2) is 6.25. The van der Waals surface area contributed by atoms with Gasteiger partial charge in [-0.1, -0.05) is 12.1 Å². The first-order valence-electron chi connectivity index (χ1n) is 9.93. The first kappa shape index (κ1) is 16.6. The third-order valence-corrected chi connectivity index (χ3v) is 6.83. The van der Waals surface area contributed by atoms with Gasteiger partial charge >= 0.3 is 0 Å². The number of ether oxygens (including phenoxy) is 1. The van der Waals surface area contributed by atoms with Crippen molar-refractivity contribution in [2.24, 2.45) is 17.8 Å². The van der Waals surface area contributed by atoms with Gasteiger partial charge in [-0.2, -0.15) is 0 Å². The van der Waals surface area contributed by atoms with E-state index in [4.69, 9.17) is 4.74 Å². The number of fused-ring (bicyclic) bond motifs is 7. The molecule has 27 heavy (non-hydrogen) atoms. The summed E-state index contributed by atoms with van der Waals surface area (Å²) in [5.74, 6) is 3.20. The van der Waals surface area contributed by atoms with Crippen LogP contribution in [-0.4, -0.2) is 11.5 Å². The SMILES string of the molecule is CCOc1ccc([C@@H]2Nc3ccc([N+](=O)[O-])cc3[C@H]3[C@H]4CC[C@@H](C4)[C@@H]32)cc1. The highest BCUT2D eigenvalue weighted by Gasteiger charge is 2.54. The van der Waals surface area contributed by atoms with E-state index in [1.54, 1.807) is 6.07 Å². The first-order valence-corrected chi connectivity index (χ1v) is 9.93. The molecular weight excluding hydrogens is 340 g/mol. The standard InChI is InChI=1S/C22H24N2O3/c1-2-27-17-8-5-13(6-9-17)22-21-15-4-3-14(11-15)20(21)18-12-16(24(25)26)7-10-19(18)23-22/h5-10,12,14-15,20-23H,2-4,11H2,1H3/t14-,15-,20+,21-,22-/m0/s1. The molecule has 2 fully saturated rings. The highest BCUT2D eigenvalue weighted by molar-refractivity contribution is 5.62. The van der Waals surface area contributed by atoms with Gasteiger partial charge in [0.1, 0.15) is 5.75 Å². The zero-order valence-corrected chi connectivity index (χ0v) is 15.4. The lowest BCUT2D eigenvalue weighted by molar-refractivity contribution is -0.384. The van der Waals surface area contributed by atoms with Crippen LogP contribution in [0.25, 0.3) is 0 Å². The minimum Gasteiger partial charge on any atom is -0.494 e. The lowest BCUT2D eigenvalue weighted by atomic mass is 9.68. The zero-order chi connectivity index (χ0) is 18.5. The molecule has 1 N–H and O–H groups in total. The second-order valence-electron chi connectivity index (χ2n) is 8.09. The highest BCUT2D eigenvalue weighted by atomic mass is 16.6. The fourth-order valence-corrected chi connectivity index (χ4v) is 5.86. The fraction of sp³-hybridized carbons (Fsp3) is 0.455. The molecule has 2 aromatic rings. The Bertz CT molecular complexity index is 880. The van der Waals surface area contributed by atoms with Gasteiger partial charge in [-0.15, -0.1) is 0 Å². The molecule has 1 heterocycles. The van der Waals surface area contributed by atoms with Crippen LogP contribution in [0.4, 0.5) is 11.4 Å². The maximum absolute atomic E-state index is 11.3. The van der Waals surface area contributed by atoms with E-state index in [1.807, 2.05) is 31.2 Å². The van der Waals surface area contributed by atoms with E-state index < -0.39 is 0 Å². The zero-order valence-electron chi connectivity index (χ0n) is 15.4. The third-order valence-electron chi connectivity index (χ3n) is 6.83. The van der Waals surface area contributed by atoms with Gasteiger partial charge in [0, 0.05) is 17.8 Å². The summed E-state index contributed by atoms with van der Waals surface area (Å²) in [6.07, 6.45) is 3.79. The molecule has 2 aromatic carbocycles. The maximum Gasteiger partial charge on any atom is 0.269 e.